The maximum atomic E-state index is 12.5. The molecule has 25 heavy (non-hydrogen) atoms. The zero-order chi connectivity index (χ0) is 18.2. The number of benzene rings is 1. The van der Waals surface area contributed by atoms with Crippen molar-refractivity contribution in [1.29, 1.82) is 0 Å². The number of amides is 1. The first-order chi connectivity index (χ1) is 12.0. The van der Waals surface area contributed by atoms with E-state index in [2.05, 4.69) is 24.2 Å². The predicted molar refractivity (Wildman–Crippen MR) is 94.2 cm³/mol. The number of rotatable bonds is 7. The fraction of sp³-hybridized carbons (Fsp3) is 0.556. The van der Waals surface area contributed by atoms with Gasteiger partial charge < -0.3 is 18.9 Å². The maximum Gasteiger partial charge on any atom is 0.292 e. The fourth-order valence-corrected chi connectivity index (χ4v) is 1.99. The molecule has 0 aliphatic carbocycles. The first-order valence-electron chi connectivity index (χ1n) is 8.50. The van der Waals surface area contributed by atoms with Crippen molar-refractivity contribution in [3.8, 4) is 11.5 Å². The van der Waals surface area contributed by atoms with Gasteiger partial charge in [-0.25, -0.2) is 4.99 Å². The van der Waals surface area contributed by atoms with Gasteiger partial charge in [0, 0.05) is 12.2 Å². The van der Waals surface area contributed by atoms with E-state index in [0.717, 1.165) is 0 Å². The van der Waals surface area contributed by atoms with Crippen molar-refractivity contribution >= 4 is 11.9 Å². The molecule has 1 aromatic rings. The van der Waals surface area contributed by atoms with Crippen LogP contribution in [0.5, 0.6) is 11.5 Å². The number of carbonyl (C=O) groups excluding carboxylic acids is 1. The van der Waals surface area contributed by atoms with E-state index in [0.29, 0.717) is 42.8 Å². The summed E-state index contributed by atoms with van der Waals surface area (Å²) in [6.45, 7) is 9.55. The molecule has 1 aliphatic heterocycles. The smallest absolute Gasteiger partial charge is 0.292 e. The Hall–Kier alpha value is -2.28. The molecule has 0 fully saturated rings. The SMILES string of the molecule is CCOCCOC(=N[C@@H](C)C(C)C)NC(=O)c1ccc2c(c1)OCO2. The first-order valence-corrected chi connectivity index (χ1v) is 8.50. The van der Waals surface area contributed by atoms with Crippen LogP contribution in [-0.4, -0.2) is 44.6 Å². The summed E-state index contributed by atoms with van der Waals surface area (Å²) < 4.78 is 21.4. The molecule has 0 spiro atoms. The highest BCUT2D eigenvalue weighted by Gasteiger charge is 2.18. The summed E-state index contributed by atoms with van der Waals surface area (Å²) in [6, 6.07) is 5.23. The zero-order valence-corrected chi connectivity index (χ0v) is 15.2. The van der Waals surface area contributed by atoms with Crippen LogP contribution in [0, 0.1) is 5.92 Å². The molecule has 7 heteroatoms. The van der Waals surface area contributed by atoms with E-state index in [1.54, 1.807) is 18.2 Å². The summed E-state index contributed by atoms with van der Waals surface area (Å²) >= 11 is 0. The van der Waals surface area contributed by atoms with Gasteiger partial charge in [0.25, 0.3) is 11.9 Å². The molecule has 1 heterocycles. The number of hydrogen-bond acceptors (Lipinski definition) is 6. The van der Waals surface area contributed by atoms with Gasteiger partial charge in [-0.2, -0.15) is 0 Å². The Morgan fingerprint density at radius 1 is 1.24 bits per heavy atom. The third kappa shape index (κ3) is 5.63. The predicted octanol–water partition coefficient (Wildman–Crippen LogP) is 2.60. The van der Waals surface area contributed by atoms with E-state index in [-0.39, 0.29) is 24.8 Å². The largest absolute Gasteiger partial charge is 0.463 e. The van der Waals surface area contributed by atoms with Crippen molar-refractivity contribution in [2.75, 3.05) is 26.6 Å². The minimum atomic E-state index is -0.315. The highest BCUT2D eigenvalue weighted by Crippen LogP contribution is 2.32. The number of hydrogen-bond donors (Lipinski definition) is 1. The lowest BCUT2D eigenvalue weighted by molar-refractivity contribution is 0.0920. The molecule has 0 aromatic heterocycles. The minimum Gasteiger partial charge on any atom is -0.463 e. The van der Waals surface area contributed by atoms with E-state index in [1.165, 1.54) is 0 Å². The Labute approximate surface area is 148 Å². The molecular weight excluding hydrogens is 324 g/mol. The van der Waals surface area contributed by atoms with Gasteiger partial charge >= 0.3 is 0 Å². The van der Waals surface area contributed by atoms with Crippen molar-refractivity contribution in [2.45, 2.75) is 33.7 Å². The van der Waals surface area contributed by atoms with E-state index < -0.39 is 0 Å². The molecule has 0 saturated heterocycles. The molecule has 2 rings (SSSR count). The van der Waals surface area contributed by atoms with Crippen molar-refractivity contribution in [1.82, 2.24) is 5.32 Å². The number of amidine groups is 1. The average molecular weight is 350 g/mol. The Morgan fingerprint density at radius 3 is 2.72 bits per heavy atom. The normalized spacial score (nSPS) is 14.5. The molecule has 1 N–H and O–H groups in total. The second-order valence-corrected chi connectivity index (χ2v) is 5.99. The maximum absolute atomic E-state index is 12.5. The number of nitrogens with zero attached hydrogens (tertiary/aromatic N) is 1. The van der Waals surface area contributed by atoms with Gasteiger partial charge in [0.1, 0.15) is 6.61 Å². The first kappa shape index (κ1) is 19.1. The molecule has 0 saturated carbocycles. The summed E-state index contributed by atoms with van der Waals surface area (Å²) in [7, 11) is 0. The van der Waals surface area contributed by atoms with Gasteiger partial charge in [-0.15, -0.1) is 0 Å². The molecule has 0 unspecified atom stereocenters. The van der Waals surface area contributed by atoms with E-state index in [9.17, 15) is 4.79 Å². The van der Waals surface area contributed by atoms with E-state index >= 15 is 0 Å². The van der Waals surface area contributed by atoms with Crippen LogP contribution < -0.4 is 14.8 Å². The van der Waals surface area contributed by atoms with Gasteiger partial charge in [-0.1, -0.05) is 13.8 Å². The van der Waals surface area contributed by atoms with Gasteiger partial charge in [0.15, 0.2) is 11.5 Å². The highest BCUT2D eigenvalue weighted by molar-refractivity contribution is 6.04. The molecule has 1 atom stereocenters. The lowest BCUT2D eigenvalue weighted by atomic mass is 10.1. The summed E-state index contributed by atoms with van der Waals surface area (Å²) in [5.74, 6) is 1.20. The Kier molecular flexibility index (Phi) is 7.06. The average Bonchev–Trinajstić information content (AvgIpc) is 3.05. The highest BCUT2D eigenvalue weighted by atomic mass is 16.7. The molecule has 0 bridgehead atoms. The molecule has 1 aliphatic rings. The summed E-state index contributed by atoms with van der Waals surface area (Å²) in [4.78, 5) is 17.0. The summed E-state index contributed by atoms with van der Waals surface area (Å²) in [6.07, 6.45) is 0. The summed E-state index contributed by atoms with van der Waals surface area (Å²) in [5, 5.41) is 2.72. The van der Waals surface area contributed by atoms with Gasteiger partial charge in [0.2, 0.25) is 6.79 Å². The molecule has 1 aromatic carbocycles. The second kappa shape index (κ2) is 9.27. The standard InChI is InChI=1S/C18H26N2O5/c1-5-22-8-9-23-18(19-13(4)12(2)3)20-17(21)14-6-7-15-16(10-14)25-11-24-15/h6-7,10,12-13H,5,8-9,11H2,1-4H3,(H,19,20,21)/t13-/m0/s1. The molecule has 138 valence electrons. The van der Waals surface area contributed by atoms with Crippen molar-refractivity contribution in [3.63, 3.8) is 0 Å². The Balaban J connectivity index is 2.04. The van der Waals surface area contributed by atoms with Crippen LogP contribution in [0.2, 0.25) is 0 Å². The van der Waals surface area contributed by atoms with E-state index in [4.69, 9.17) is 18.9 Å². The monoisotopic (exact) mass is 350 g/mol. The number of nitrogens with one attached hydrogen (secondary N) is 1. The van der Waals surface area contributed by atoms with Gasteiger partial charge in [0.05, 0.1) is 12.6 Å². The van der Waals surface area contributed by atoms with Crippen LogP contribution in [0.25, 0.3) is 0 Å². The van der Waals surface area contributed by atoms with Crippen molar-refractivity contribution in [3.05, 3.63) is 23.8 Å². The number of aliphatic imine (C=N–C) groups is 1. The van der Waals surface area contributed by atoms with Gasteiger partial charge in [-0.3, -0.25) is 10.1 Å². The number of ether oxygens (including phenoxy) is 4. The molecule has 7 nitrogen and oxygen atoms in total. The van der Waals surface area contributed by atoms with Crippen molar-refractivity contribution in [2.24, 2.45) is 10.9 Å². The van der Waals surface area contributed by atoms with Crippen LogP contribution in [0.15, 0.2) is 23.2 Å². The number of carbonyl (C=O) groups is 1. The van der Waals surface area contributed by atoms with Crippen LogP contribution in [0.3, 0.4) is 0 Å². The third-order valence-corrected chi connectivity index (χ3v) is 3.81. The Bertz CT molecular complexity index is 615. The van der Waals surface area contributed by atoms with Crippen LogP contribution in [0.4, 0.5) is 0 Å². The Morgan fingerprint density at radius 2 is 2.00 bits per heavy atom. The van der Waals surface area contributed by atoms with E-state index in [1.807, 2.05) is 13.8 Å². The van der Waals surface area contributed by atoms with Crippen LogP contribution in [-0.2, 0) is 9.47 Å². The molecule has 0 radical (unpaired) electrons. The third-order valence-electron chi connectivity index (χ3n) is 3.81. The topological polar surface area (TPSA) is 78.4 Å². The van der Waals surface area contributed by atoms with Crippen LogP contribution >= 0.6 is 0 Å². The van der Waals surface area contributed by atoms with Crippen LogP contribution in [0.1, 0.15) is 38.1 Å². The lowest BCUT2D eigenvalue weighted by Gasteiger charge is -2.15. The summed E-state index contributed by atoms with van der Waals surface area (Å²) in [5.41, 5.74) is 0.447. The number of fused-ring (bicyclic) bond motifs is 1. The second-order valence-electron chi connectivity index (χ2n) is 5.99. The molecular formula is C18H26N2O5. The molecule has 1 amide bonds. The lowest BCUT2D eigenvalue weighted by Crippen LogP contribution is -2.34. The minimum absolute atomic E-state index is 0.0131. The fourth-order valence-electron chi connectivity index (χ4n) is 1.99. The quantitative estimate of drug-likeness (QED) is 0.465. The zero-order valence-electron chi connectivity index (χ0n) is 15.2. The van der Waals surface area contributed by atoms with Crippen molar-refractivity contribution < 1.29 is 23.7 Å². The van der Waals surface area contributed by atoms with Gasteiger partial charge in [-0.05, 0) is 38.0 Å².